The van der Waals surface area contributed by atoms with Gasteiger partial charge < -0.3 is 9.67 Å². The van der Waals surface area contributed by atoms with Crippen LogP contribution in [-0.4, -0.2) is 31.0 Å². The summed E-state index contributed by atoms with van der Waals surface area (Å²) in [5.74, 6) is 0. The highest BCUT2D eigenvalue weighted by Crippen LogP contribution is 2.23. The van der Waals surface area contributed by atoms with Crippen LogP contribution in [0.2, 0.25) is 0 Å². The number of aliphatic hydroxyl groups excluding tert-OH is 1. The highest BCUT2D eigenvalue weighted by Gasteiger charge is 2.16. The lowest BCUT2D eigenvalue weighted by atomic mass is 9.89. The van der Waals surface area contributed by atoms with Crippen LogP contribution in [0.4, 0.5) is 0 Å². The molecule has 0 spiro atoms. The lowest BCUT2D eigenvalue weighted by Crippen LogP contribution is -2.17. The molecule has 0 saturated heterocycles. The molecular weight excluding hydrogens is 288 g/mol. The molecule has 0 radical (unpaired) electrons. The predicted molar refractivity (Wildman–Crippen MR) is 86.5 cm³/mol. The van der Waals surface area contributed by atoms with Crippen LogP contribution in [0.25, 0.3) is 11.3 Å². The number of hydrogen-bond acceptors (Lipinski definition) is 3. The van der Waals surface area contributed by atoms with E-state index in [-0.39, 0.29) is 24.4 Å². The van der Waals surface area contributed by atoms with Crippen molar-refractivity contribution in [3.05, 3.63) is 24.9 Å². The van der Waals surface area contributed by atoms with E-state index in [9.17, 15) is 5.11 Å². The standard InChI is InChI=1S/C15H24N4O.ClH/c1-4-19-10-13(8-17-19)14-9-16-12-18(14)7-5-6-15(2,3)11-20;/h8-10,12,20H,4-7,11H2,1-3H3;1H. The van der Waals surface area contributed by atoms with E-state index in [2.05, 4.69) is 35.4 Å². The third-order valence-electron chi connectivity index (χ3n) is 3.65. The van der Waals surface area contributed by atoms with Crippen molar-refractivity contribution in [3.63, 3.8) is 0 Å². The molecule has 118 valence electrons. The molecule has 2 heterocycles. The summed E-state index contributed by atoms with van der Waals surface area (Å²) in [4.78, 5) is 4.25. The summed E-state index contributed by atoms with van der Waals surface area (Å²) in [5.41, 5.74) is 2.20. The number of rotatable bonds is 7. The zero-order chi connectivity index (χ0) is 14.6. The van der Waals surface area contributed by atoms with Crippen LogP contribution < -0.4 is 0 Å². The first kappa shape index (κ1) is 17.7. The molecule has 0 bridgehead atoms. The summed E-state index contributed by atoms with van der Waals surface area (Å²) in [7, 11) is 0. The van der Waals surface area contributed by atoms with E-state index in [1.807, 2.05) is 29.6 Å². The summed E-state index contributed by atoms with van der Waals surface area (Å²) >= 11 is 0. The minimum absolute atomic E-state index is 0. The molecule has 0 unspecified atom stereocenters. The van der Waals surface area contributed by atoms with Crippen molar-refractivity contribution < 1.29 is 5.11 Å². The van der Waals surface area contributed by atoms with Gasteiger partial charge in [-0.3, -0.25) is 4.68 Å². The summed E-state index contributed by atoms with van der Waals surface area (Å²) in [5, 5.41) is 13.6. The second-order valence-electron chi connectivity index (χ2n) is 5.98. The van der Waals surface area contributed by atoms with Crippen LogP contribution in [0, 0.1) is 5.41 Å². The van der Waals surface area contributed by atoms with Crippen molar-refractivity contribution >= 4 is 12.4 Å². The number of aryl methyl sites for hydroxylation is 2. The molecule has 2 aromatic heterocycles. The van der Waals surface area contributed by atoms with Crippen LogP contribution in [0.1, 0.15) is 33.6 Å². The summed E-state index contributed by atoms with van der Waals surface area (Å²) < 4.78 is 4.08. The second-order valence-corrected chi connectivity index (χ2v) is 5.98. The van der Waals surface area contributed by atoms with Crippen LogP contribution >= 0.6 is 12.4 Å². The predicted octanol–water partition coefficient (Wildman–Crippen LogP) is 2.99. The Labute approximate surface area is 132 Å². The molecule has 21 heavy (non-hydrogen) atoms. The Morgan fingerprint density at radius 3 is 2.67 bits per heavy atom. The van der Waals surface area contributed by atoms with Crippen molar-refractivity contribution in [3.8, 4) is 11.3 Å². The quantitative estimate of drug-likeness (QED) is 0.855. The Hall–Kier alpha value is -1.33. The Morgan fingerprint density at radius 1 is 1.29 bits per heavy atom. The van der Waals surface area contributed by atoms with Gasteiger partial charge in [-0.1, -0.05) is 13.8 Å². The summed E-state index contributed by atoms with van der Waals surface area (Å²) in [6.45, 7) is 8.27. The first-order valence-electron chi connectivity index (χ1n) is 7.19. The fraction of sp³-hybridized carbons (Fsp3) is 0.600. The van der Waals surface area contributed by atoms with Gasteiger partial charge in [0, 0.05) is 31.5 Å². The van der Waals surface area contributed by atoms with Crippen molar-refractivity contribution in [1.29, 1.82) is 0 Å². The zero-order valence-electron chi connectivity index (χ0n) is 13.0. The third-order valence-corrected chi connectivity index (χ3v) is 3.65. The third kappa shape index (κ3) is 4.58. The lowest BCUT2D eigenvalue weighted by molar-refractivity contribution is 0.146. The molecule has 0 saturated carbocycles. The van der Waals surface area contributed by atoms with E-state index in [4.69, 9.17) is 0 Å². The first-order chi connectivity index (χ1) is 9.55. The van der Waals surface area contributed by atoms with Gasteiger partial charge in [0.1, 0.15) is 0 Å². The van der Waals surface area contributed by atoms with Gasteiger partial charge in [0.15, 0.2) is 0 Å². The van der Waals surface area contributed by atoms with Gasteiger partial charge in [0.2, 0.25) is 0 Å². The Bertz CT molecular complexity index is 547. The number of aliphatic hydroxyl groups is 1. The highest BCUT2D eigenvalue weighted by molar-refractivity contribution is 5.85. The minimum Gasteiger partial charge on any atom is -0.396 e. The average Bonchev–Trinajstić information content (AvgIpc) is 3.06. The molecule has 0 fully saturated rings. The van der Waals surface area contributed by atoms with Crippen molar-refractivity contribution in [2.24, 2.45) is 5.41 Å². The molecule has 0 aliphatic rings. The van der Waals surface area contributed by atoms with Gasteiger partial charge in [0.25, 0.3) is 0 Å². The number of hydrogen-bond donors (Lipinski definition) is 1. The second kappa shape index (κ2) is 7.61. The summed E-state index contributed by atoms with van der Waals surface area (Å²) in [6.07, 6.45) is 9.70. The zero-order valence-corrected chi connectivity index (χ0v) is 13.8. The van der Waals surface area contributed by atoms with E-state index in [1.54, 1.807) is 0 Å². The number of imidazole rings is 1. The molecule has 0 aliphatic heterocycles. The highest BCUT2D eigenvalue weighted by atomic mass is 35.5. The van der Waals surface area contributed by atoms with E-state index in [0.717, 1.165) is 37.2 Å². The van der Waals surface area contributed by atoms with Crippen molar-refractivity contribution in [1.82, 2.24) is 19.3 Å². The molecule has 0 aromatic carbocycles. The van der Waals surface area contributed by atoms with E-state index >= 15 is 0 Å². The minimum atomic E-state index is -0.00611. The molecular formula is C15H25ClN4O. The molecule has 0 atom stereocenters. The van der Waals surface area contributed by atoms with Gasteiger partial charge in [-0.15, -0.1) is 12.4 Å². The Balaban J connectivity index is 0.00000220. The normalized spacial score (nSPS) is 11.4. The monoisotopic (exact) mass is 312 g/mol. The Kier molecular flexibility index (Phi) is 6.42. The van der Waals surface area contributed by atoms with Gasteiger partial charge in [-0.25, -0.2) is 4.98 Å². The van der Waals surface area contributed by atoms with Crippen LogP contribution in [0.15, 0.2) is 24.9 Å². The summed E-state index contributed by atoms with van der Waals surface area (Å²) in [6, 6.07) is 0. The van der Waals surface area contributed by atoms with Crippen LogP contribution in [0.3, 0.4) is 0 Å². The number of nitrogens with zero attached hydrogens (tertiary/aromatic N) is 4. The number of aromatic nitrogens is 4. The molecule has 0 aliphatic carbocycles. The maximum atomic E-state index is 9.28. The van der Waals surface area contributed by atoms with Crippen molar-refractivity contribution in [2.75, 3.05) is 6.61 Å². The molecule has 0 amide bonds. The van der Waals surface area contributed by atoms with E-state index in [1.165, 1.54) is 0 Å². The molecule has 1 N–H and O–H groups in total. The lowest BCUT2D eigenvalue weighted by Gasteiger charge is -2.21. The molecule has 5 nitrogen and oxygen atoms in total. The number of halogens is 1. The maximum Gasteiger partial charge on any atom is 0.0950 e. The van der Waals surface area contributed by atoms with Gasteiger partial charge >= 0.3 is 0 Å². The van der Waals surface area contributed by atoms with Gasteiger partial charge in [-0.2, -0.15) is 5.10 Å². The van der Waals surface area contributed by atoms with Gasteiger partial charge in [0.05, 0.1) is 24.4 Å². The SMILES string of the molecule is CCn1cc(-c2cncn2CCCC(C)(C)CO)cn1.Cl. The fourth-order valence-electron chi connectivity index (χ4n) is 2.22. The van der Waals surface area contributed by atoms with Crippen LogP contribution in [0.5, 0.6) is 0 Å². The molecule has 2 rings (SSSR count). The topological polar surface area (TPSA) is 55.9 Å². The van der Waals surface area contributed by atoms with E-state index < -0.39 is 0 Å². The van der Waals surface area contributed by atoms with Crippen molar-refractivity contribution in [2.45, 2.75) is 46.7 Å². The first-order valence-corrected chi connectivity index (χ1v) is 7.19. The average molecular weight is 313 g/mol. The van der Waals surface area contributed by atoms with E-state index in [0.29, 0.717) is 0 Å². The fourth-order valence-corrected chi connectivity index (χ4v) is 2.22. The largest absolute Gasteiger partial charge is 0.396 e. The molecule has 6 heteroatoms. The smallest absolute Gasteiger partial charge is 0.0950 e. The van der Waals surface area contributed by atoms with Gasteiger partial charge in [-0.05, 0) is 25.2 Å². The Morgan fingerprint density at radius 2 is 2.05 bits per heavy atom. The van der Waals surface area contributed by atoms with Crippen LogP contribution in [-0.2, 0) is 13.1 Å². The maximum absolute atomic E-state index is 9.28. The molecule has 2 aromatic rings.